The molecule has 1 atom stereocenters. The van der Waals surface area contributed by atoms with E-state index in [1.165, 1.54) is 0 Å². The van der Waals surface area contributed by atoms with Crippen molar-refractivity contribution in [1.29, 1.82) is 0 Å². The van der Waals surface area contributed by atoms with Crippen LogP contribution >= 0.6 is 0 Å². The lowest BCUT2D eigenvalue weighted by Gasteiger charge is -2.40. The quantitative estimate of drug-likeness (QED) is 0.511. The third-order valence-corrected chi connectivity index (χ3v) is 5.81. The lowest BCUT2D eigenvalue weighted by atomic mass is 10.0. The Morgan fingerprint density at radius 3 is 2.42 bits per heavy atom. The van der Waals surface area contributed by atoms with Crippen LogP contribution < -0.4 is 4.90 Å². The van der Waals surface area contributed by atoms with Crippen molar-refractivity contribution >= 4 is 22.5 Å². The minimum absolute atomic E-state index is 0.0237. The summed E-state index contributed by atoms with van der Waals surface area (Å²) in [7, 11) is 0. The van der Waals surface area contributed by atoms with E-state index in [-0.39, 0.29) is 11.9 Å². The molecule has 0 radical (unpaired) electrons. The molecule has 1 aliphatic heterocycles. The SMILES string of the molecule is C[C@H]1CN(c2nnc(-c3ccccc3)c3ccccc23)CCN1C(=O)c1cccnc1. The molecule has 0 spiro atoms. The summed E-state index contributed by atoms with van der Waals surface area (Å²) in [6.45, 7) is 4.12. The van der Waals surface area contributed by atoms with Crippen molar-refractivity contribution < 1.29 is 4.79 Å². The van der Waals surface area contributed by atoms with Crippen molar-refractivity contribution in [2.24, 2.45) is 0 Å². The first kappa shape index (κ1) is 19.2. The summed E-state index contributed by atoms with van der Waals surface area (Å²) in [5.74, 6) is 0.895. The Labute approximate surface area is 181 Å². The highest BCUT2D eigenvalue weighted by molar-refractivity contribution is 6.00. The second-order valence-corrected chi connectivity index (χ2v) is 7.82. The van der Waals surface area contributed by atoms with Gasteiger partial charge in [0, 0.05) is 54.4 Å². The molecule has 4 aromatic rings. The molecular weight excluding hydrogens is 386 g/mol. The predicted octanol–water partition coefficient (Wildman–Crippen LogP) is 4.04. The van der Waals surface area contributed by atoms with Gasteiger partial charge in [-0.1, -0.05) is 54.6 Å². The first-order valence-corrected chi connectivity index (χ1v) is 10.5. The number of hydrogen-bond acceptors (Lipinski definition) is 5. The Morgan fingerprint density at radius 2 is 1.68 bits per heavy atom. The van der Waals surface area contributed by atoms with Crippen molar-refractivity contribution in [3.8, 4) is 11.3 Å². The number of benzene rings is 2. The number of hydrogen-bond donors (Lipinski definition) is 0. The van der Waals surface area contributed by atoms with E-state index in [0.29, 0.717) is 25.2 Å². The number of anilines is 1. The molecular formula is C25H23N5O. The minimum atomic E-state index is 0.0237. The number of carbonyl (C=O) groups excluding carboxylic acids is 1. The topological polar surface area (TPSA) is 62.2 Å². The number of nitrogens with zero attached hydrogens (tertiary/aromatic N) is 5. The van der Waals surface area contributed by atoms with Gasteiger partial charge >= 0.3 is 0 Å². The molecule has 0 unspecified atom stereocenters. The Balaban J connectivity index is 1.44. The number of amides is 1. The van der Waals surface area contributed by atoms with Crippen LogP contribution in [-0.2, 0) is 0 Å². The number of carbonyl (C=O) groups is 1. The molecule has 1 aliphatic rings. The largest absolute Gasteiger partial charge is 0.351 e. The van der Waals surface area contributed by atoms with Gasteiger partial charge in [-0.15, -0.1) is 10.2 Å². The Kier molecular flexibility index (Phi) is 5.04. The van der Waals surface area contributed by atoms with Gasteiger partial charge < -0.3 is 9.80 Å². The van der Waals surface area contributed by atoms with Crippen LogP contribution in [0.25, 0.3) is 22.0 Å². The summed E-state index contributed by atoms with van der Waals surface area (Å²) >= 11 is 0. The summed E-state index contributed by atoms with van der Waals surface area (Å²) in [6.07, 6.45) is 3.31. The van der Waals surface area contributed by atoms with Crippen molar-refractivity contribution in [2.75, 3.05) is 24.5 Å². The molecule has 2 aromatic heterocycles. The van der Waals surface area contributed by atoms with Crippen LogP contribution in [0.4, 0.5) is 5.82 Å². The highest BCUT2D eigenvalue weighted by Crippen LogP contribution is 2.32. The number of pyridine rings is 1. The maximum atomic E-state index is 12.9. The third kappa shape index (κ3) is 3.61. The first-order chi connectivity index (χ1) is 15.2. The lowest BCUT2D eigenvalue weighted by Crippen LogP contribution is -2.54. The van der Waals surface area contributed by atoms with Crippen LogP contribution in [-0.4, -0.2) is 51.7 Å². The minimum Gasteiger partial charge on any atom is -0.351 e. The zero-order valence-corrected chi connectivity index (χ0v) is 17.3. The number of rotatable bonds is 3. The molecule has 0 aliphatic carbocycles. The summed E-state index contributed by atoms with van der Waals surface area (Å²) in [4.78, 5) is 21.1. The number of piperazine rings is 1. The molecule has 1 saturated heterocycles. The van der Waals surface area contributed by atoms with Gasteiger partial charge in [-0.05, 0) is 19.1 Å². The van der Waals surface area contributed by atoms with E-state index < -0.39 is 0 Å². The fourth-order valence-electron chi connectivity index (χ4n) is 4.24. The van der Waals surface area contributed by atoms with Crippen LogP contribution in [0.3, 0.4) is 0 Å². The van der Waals surface area contributed by atoms with E-state index in [1.807, 2.05) is 41.3 Å². The Morgan fingerprint density at radius 1 is 0.903 bits per heavy atom. The van der Waals surface area contributed by atoms with Gasteiger partial charge in [-0.25, -0.2) is 0 Å². The van der Waals surface area contributed by atoms with Crippen molar-refractivity contribution in [1.82, 2.24) is 20.1 Å². The predicted molar refractivity (Wildman–Crippen MR) is 122 cm³/mol. The fourth-order valence-corrected chi connectivity index (χ4v) is 4.24. The highest BCUT2D eigenvalue weighted by atomic mass is 16.2. The standard InChI is InChI=1S/C25H23N5O/c1-18-17-29(14-15-30(18)25(31)20-10-7-13-26-16-20)24-22-12-6-5-11-21(22)23(27-28-24)19-8-3-2-4-9-19/h2-13,16,18H,14-15,17H2,1H3/t18-/m0/s1. The maximum Gasteiger partial charge on any atom is 0.255 e. The van der Waals surface area contributed by atoms with E-state index in [1.54, 1.807) is 18.5 Å². The first-order valence-electron chi connectivity index (χ1n) is 10.5. The zero-order valence-electron chi connectivity index (χ0n) is 17.3. The van der Waals surface area contributed by atoms with Gasteiger partial charge in [0.1, 0.15) is 5.69 Å². The summed E-state index contributed by atoms with van der Waals surface area (Å²) < 4.78 is 0. The molecule has 0 N–H and O–H groups in total. The molecule has 154 valence electrons. The third-order valence-electron chi connectivity index (χ3n) is 5.81. The van der Waals surface area contributed by atoms with Crippen LogP contribution in [0.5, 0.6) is 0 Å². The molecule has 1 amide bonds. The van der Waals surface area contributed by atoms with Gasteiger partial charge in [0.15, 0.2) is 5.82 Å². The van der Waals surface area contributed by atoms with Crippen molar-refractivity contribution in [3.05, 3.63) is 84.7 Å². The van der Waals surface area contributed by atoms with Crippen LogP contribution in [0.2, 0.25) is 0 Å². The van der Waals surface area contributed by atoms with Gasteiger partial charge in [-0.2, -0.15) is 0 Å². The van der Waals surface area contributed by atoms with E-state index >= 15 is 0 Å². The number of aromatic nitrogens is 3. The van der Waals surface area contributed by atoms with Crippen molar-refractivity contribution in [3.63, 3.8) is 0 Å². The summed E-state index contributed by atoms with van der Waals surface area (Å²) in [6, 6.07) is 22.1. The van der Waals surface area contributed by atoms with Crippen LogP contribution in [0.15, 0.2) is 79.1 Å². The molecule has 5 rings (SSSR count). The second kappa shape index (κ2) is 8.14. The Bertz CT molecular complexity index is 1210. The van der Waals surface area contributed by atoms with Crippen molar-refractivity contribution in [2.45, 2.75) is 13.0 Å². The van der Waals surface area contributed by atoms with E-state index in [9.17, 15) is 4.79 Å². The van der Waals surface area contributed by atoms with E-state index in [0.717, 1.165) is 27.8 Å². The fraction of sp³-hybridized carbons (Fsp3) is 0.200. The van der Waals surface area contributed by atoms with Gasteiger partial charge in [-0.3, -0.25) is 9.78 Å². The molecule has 3 heterocycles. The van der Waals surface area contributed by atoms with Crippen LogP contribution in [0, 0.1) is 0 Å². The summed E-state index contributed by atoms with van der Waals surface area (Å²) in [5.41, 5.74) is 2.57. The zero-order chi connectivity index (χ0) is 21.2. The molecule has 1 fully saturated rings. The second-order valence-electron chi connectivity index (χ2n) is 7.82. The normalized spacial score (nSPS) is 16.5. The molecule has 6 heteroatoms. The van der Waals surface area contributed by atoms with Gasteiger partial charge in [0.2, 0.25) is 0 Å². The molecule has 31 heavy (non-hydrogen) atoms. The van der Waals surface area contributed by atoms with Crippen LogP contribution in [0.1, 0.15) is 17.3 Å². The number of fused-ring (bicyclic) bond motifs is 1. The van der Waals surface area contributed by atoms with Gasteiger partial charge in [0.25, 0.3) is 5.91 Å². The van der Waals surface area contributed by atoms with Gasteiger partial charge in [0.05, 0.1) is 5.56 Å². The van der Waals surface area contributed by atoms with E-state index in [4.69, 9.17) is 0 Å². The summed E-state index contributed by atoms with van der Waals surface area (Å²) in [5, 5.41) is 11.4. The highest BCUT2D eigenvalue weighted by Gasteiger charge is 2.30. The molecule has 0 saturated carbocycles. The molecule has 0 bridgehead atoms. The monoisotopic (exact) mass is 409 g/mol. The van der Waals surface area contributed by atoms with E-state index in [2.05, 4.69) is 51.3 Å². The average molecular weight is 409 g/mol. The molecule has 2 aromatic carbocycles. The average Bonchev–Trinajstić information content (AvgIpc) is 2.84. The smallest absolute Gasteiger partial charge is 0.255 e. The maximum absolute atomic E-state index is 12.9. The Hall–Kier alpha value is -3.80. The lowest BCUT2D eigenvalue weighted by molar-refractivity contribution is 0.0673. The molecule has 6 nitrogen and oxygen atoms in total.